The Labute approximate surface area is 210 Å². The number of fused-ring (bicyclic) bond motifs is 4. The summed E-state index contributed by atoms with van der Waals surface area (Å²) in [7, 11) is 0. The summed E-state index contributed by atoms with van der Waals surface area (Å²) < 4.78 is 12.6. The van der Waals surface area contributed by atoms with E-state index in [0.29, 0.717) is 6.61 Å². The molecule has 2 bridgehead atoms. The van der Waals surface area contributed by atoms with Crippen LogP contribution < -0.4 is 9.47 Å². The number of phenols is 2. The Morgan fingerprint density at radius 1 is 0.857 bits per heavy atom. The highest BCUT2D eigenvalue weighted by Gasteiger charge is 2.34. The lowest BCUT2D eigenvalue weighted by Gasteiger charge is -2.45. The van der Waals surface area contributed by atoms with Crippen molar-refractivity contribution in [3.63, 3.8) is 0 Å². The maximum Gasteiger partial charge on any atom is 0.140 e. The molecule has 3 heterocycles. The van der Waals surface area contributed by atoms with Gasteiger partial charge in [-0.15, -0.1) is 11.8 Å². The molecule has 2 N–H and O–H groups in total. The Morgan fingerprint density at radius 3 is 2.29 bits per heavy atom. The van der Waals surface area contributed by atoms with Crippen molar-refractivity contribution in [1.29, 1.82) is 0 Å². The Hall–Kier alpha value is -2.83. The van der Waals surface area contributed by atoms with Crippen molar-refractivity contribution in [2.45, 2.75) is 48.0 Å². The van der Waals surface area contributed by atoms with Crippen molar-refractivity contribution in [2.75, 3.05) is 19.7 Å². The molecule has 0 amide bonds. The minimum atomic E-state index is -0.209. The molecule has 3 aromatic carbocycles. The quantitative estimate of drug-likeness (QED) is 0.423. The van der Waals surface area contributed by atoms with Crippen LogP contribution in [0.4, 0.5) is 0 Å². The van der Waals surface area contributed by atoms with Gasteiger partial charge in [-0.05, 0) is 85.2 Å². The molecule has 7 rings (SSSR count). The molecule has 4 aliphatic rings. The highest BCUT2D eigenvalue weighted by atomic mass is 32.2. The smallest absolute Gasteiger partial charge is 0.140 e. The number of thioether (sulfide) groups is 1. The predicted molar refractivity (Wildman–Crippen MR) is 137 cm³/mol. The first-order chi connectivity index (χ1) is 17.1. The first-order valence-electron chi connectivity index (χ1n) is 12.5. The molecule has 2 atom stereocenters. The van der Waals surface area contributed by atoms with Gasteiger partial charge in [0.05, 0.1) is 10.1 Å². The summed E-state index contributed by atoms with van der Waals surface area (Å²) in [6, 6.07) is 21.5. The lowest BCUT2D eigenvalue weighted by molar-refractivity contribution is 0.0388. The molecular weight excluding hydrogens is 458 g/mol. The lowest BCUT2D eigenvalue weighted by Crippen LogP contribution is -2.49. The van der Waals surface area contributed by atoms with Gasteiger partial charge in [0.25, 0.3) is 0 Å². The molecule has 35 heavy (non-hydrogen) atoms. The summed E-state index contributed by atoms with van der Waals surface area (Å²) in [6.07, 6.45) is 5.30. The average molecular weight is 490 g/mol. The predicted octanol–water partition coefficient (Wildman–Crippen LogP) is 6.32. The van der Waals surface area contributed by atoms with Crippen molar-refractivity contribution < 1.29 is 19.7 Å². The van der Waals surface area contributed by atoms with Gasteiger partial charge < -0.3 is 19.7 Å². The second kappa shape index (κ2) is 9.67. The molecule has 3 fully saturated rings. The summed E-state index contributed by atoms with van der Waals surface area (Å²) >= 11 is 1.67. The number of hydrogen-bond acceptors (Lipinski definition) is 6. The zero-order chi connectivity index (χ0) is 23.8. The third-order valence-electron chi connectivity index (χ3n) is 7.61. The Bertz CT molecular complexity index is 1160. The third-order valence-corrected chi connectivity index (χ3v) is 8.96. The molecule has 5 nitrogen and oxygen atoms in total. The zero-order valence-corrected chi connectivity index (χ0v) is 20.5. The fraction of sp³-hybridized carbons (Fsp3) is 0.379. The first kappa shape index (κ1) is 22.6. The van der Waals surface area contributed by atoms with E-state index in [4.69, 9.17) is 9.47 Å². The molecule has 3 aromatic rings. The van der Waals surface area contributed by atoms with Crippen molar-refractivity contribution in [1.82, 2.24) is 4.90 Å². The van der Waals surface area contributed by atoms with Crippen LogP contribution in [0.1, 0.15) is 48.2 Å². The van der Waals surface area contributed by atoms with Crippen LogP contribution in [0.3, 0.4) is 0 Å². The molecule has 0 aromatic heterocycles. The summed E-state index contributed by atoms with van der Waals surface area (Å²) in [5.41, 5.74) is 2.12. The number of hydrogen-bond donors (Lipinski definition) is 2. The van der Waals surface area contributed by atoms with Crippen LogP contribution in [0.25, 0.3) is 0 Å². The van der Waals surface area contributed by atoms with Gasteiger partial charge in [0.1, 0.15) is 35.7 Å². The van der Waals surface area contributed by atoms with E-state index in [9.17, 15) is 10.2 Å². The number of nitrogens with zero attached hydrogens (tertiary/aromatic N) is 1. The van der Waals surface area contributed by atoms with Gasteiger partial charge in [-0.1, -0.05) is 24.3 Å². The molecule has 2 saturated heterocycles. The molecule has 1 aliphatic carbocycles. The molecule has 6 heteroatoms. The average Bonchev–Trinajstić information content (AvgIpc) is 2.90. The van der Waals surface area contributed by atoms with Gasteiger partial charge in [-0.25, -0.2) is 0 Å². The molecule has 1 saturated carbocycles. The summed E-state index contributed by atoms with van der Waals surface area (Å²) in [5.74, 6) is 3.00. The summed E-state index contributed by atoms with van der Waals surface area (Å²) in [5, 5.41) is 19.7. The van der Waals surface area contributed by atoms with Crippen LogP contribution in [-0.4, -0.2) is 40.9 Å². The van der Waals surface area contributed by atoms with Crippen LogP contribution in [0, 0.1) is 5.92 Å². The Kier molecular flexibility index (Phi) is 6.25. The van der Waals surface area contributed by atoms with Gasteiger partial charge in [-0.2, -0.15) is 0 Å². The minimum absolute atomic E-state index is 0.0220. The molecule has 0 spiro atoms. The fourth-order valence-corrected chi connectivity index (χ4v) is 7.04. The van der Waals surface area contributed by atoms with E-state index in [2.05, 4.69) is 17.0 Å². The highest BCUT2D eigenvalue weighted by Crippen LogP contribution is 2.54. The van der Waals surface area contributed by atoms with Crippen LogP contribution in [0.5, 0.6) is 23.0 Å². The maximum absolute atomic E-state index is 9.96. The minimum Gasteiger partial charge on any atom is -0.508 e. The van der Waals surface area contributed by atoms with Crippen LogP contribution >= 0.6 is 11.8 Å². The van der Waals surface area contributed by atoms with Crippen LogP contribution in [0.15, 0.2) is 71.6 Å². The van der Waals surface area contributed by atoms with E-state index in [1.54, 1.807) is 36.0 Å². The van der Waals surface area contributed by atoms with Crippen molar-refractivity contribution in [3.8, 4) is 23.0 Å². The number of benzene rings is 3. The molecule has 182 valence electrons. The number of ether oxygens (including phenoxy) is 2. The fourth-order valence-electron chi connectivity index (χ4n) is 5.71. The van der Waals surface area contributed by atoms with Crippen LogP contribution in [-0.2, 0) is 0 Å². The first-order valence-corrected chi connectivity index (χ1v) is 13.4. The number of rotatable bonds is 6. The van der Waals surface area contributed by atoms with Gasteiger partial charge in [0.2, 0.25) is 0 Å². The monoisotopic (exact) mass is 489 g/mol. The Morgan fingerprint density at radius 2 is 1.57 bits per heavy atom. The van der Waals surface area contributed by atoms with E-state index in [-0.39, 0.29) is 22.9 Å². The molecular formula is C29H31NO4S. The number of phenolic OH excluding ortho intramolecular Hbond substituents is 2. The van der Waals surface area contributed by atoms with Gasteiger partial charge >= 0.3 is 0 Å². The number of piperidine rings is 2. The second-order valence-corrected chi connectivity index (χ2v) is 11.1. The van der Waals surface area contributed by atoms with Crippen molar-refractivity contribution in [2.24, 2.45) is 5.92 Å². The highest BCUT2D eigenvalue weighted by molar-refractivity contribution is 7.99. The maximum atomic E-state index is 9.96. The summed E-state index contributed by atoms with van der Waals surface area (Å²) in [6.45, 7) is 2.95. The van der Waals surface area contributed by atoms with E-state index in [1.165, 1.54) is 32.2 Å². The van der Waals surface area contributed by atoms with E-state index >= 15 is 0 Å². The topological polar surface area (TPSA) is 62.2 Å². The Balaban J connectivity index is 1.16. The standard InChI is InChI=1S/C29H31NO4S/c31-23-9-3-21(4-10-23)29-28(34-26-14-11-24(32)17-27(26)35-29)20-5-12-25(13-6-20)33-16-15-30-18-19-1-7-22(30)8-2-19/h3-6,9-14,17,19,22,28-29,31-32H,1-2,7-8,15-16,18H2/t19?,22?,28-,29+/m0/s1. The van der Waals surface area contributed by atoms with Gasteiger partial charge in [0, 0.05) is 19.1 Å². The number of aromatic hydroxyl groups is 2. The van der Waals surface area contributed by atoms with E-state index < -0.39 is 0 Å². The van der Waals surface area contributed by atoms with Crippen molar-refractivity contribution >= 4 is 11.8 Å². The van der Waals surface area contributed by atoms with E-state index in [0.717, 1.165) is 46.0 Å². The molecule has 0 unspecified atom stereocenters. The van der Waals surface area contributed by atoms with Crippen molar-refractivity contribution in [3.05, 3.63) is 77.9 Å². The second-order valence-electron chi connectivity index (χ2n) is 9.89. The summed E-state index contributed by atoms with van der Waals surface area (Å²) in [4.78, 5) is 3.53. The largest absolute Gasteiger partial charge is 0.508 e. The lowest BCUT2D eigenvalue weighted by atomic mass is 9.80. The van der Waals surface area contributed by atoms with E-state index in [1.807, 2.05) is 30.3 Å². The van der Waals surface area contributed by atoms with Gasteiger partial charge in [0.15, 0.2) is 0 Å². The van der Waals surface area contributed by atoms with Crippen LogP contribution in [0.2, 0.25) is 0 Å². The van der Waals surface area contributed by atoms with Gasteiger partial charge in [-0.3, -0.25) is 4.90 Å². The SMILES string of the molecule is Oc1ccc([C@H]2Sc3cc(O)ccc3O[C@H]2c2ccc(OCCN3CC4CCC3CC4)cc2)cc1. The molecule has 3 aliphatic heterocycles. The third kappa shape index (κ3) is 4.82. The zero-order valence-electron chi connectivity index (χ0n) is 19.7. The normalized spacial score (nSPS) is 25.6. The molecule has 0 radical (unpaired) electrons.